The van der Waals surface area contributed by atoms with Crippen LogP contribution in [-0.2, 0) is 11.2 Å². The number of hydrogen-bond donors (Lipinski definition) is 1. The molecule has 0 aliphatic rings. The molecule has 0 atom stereocenters. The predicted molar refractivity (Wildman–Crippen MR) is 112 cm³/mol. The van der Waals surface area contributed by atoms with Crippen molar-refractivity contribution in [1.29, 1.82) is 0 Å². The molecule has 0 fully saturated rings. The van der Waals surface area contributed by atoms with E-state index in [1.807, 2.05) is 47.8 Å². The van der Waals surface area contributed by atoms with Gasteiger partial charge in [0.05, 0.1) is 20.9 Å². The first-order valence-electron chi connectivity index (χ1n) is 8.03. The standard InChI is InChI=1S/C19H14BrN3OS2/c20-13-7-5-12(6-8-13)15-11-25-19(22-15)23-17(24)9-10-18-21-14-3-1-2-4-16(14)26-18/h1-8,11H,9-10H2,(H,22,23,24). The Kier molecular flexibility index (Phi) is 5.10. The molecule has 1 N–H and O–H groups in total. The normalized spacial score (nSPS) is 11.0. The SMILES string of the molecule is O=C(CCc1nc2ccccc2s1)Nc1nc(-c2ccc(Br)cc2)cs1. The van der Waals surface area contributed by atoms with Gasteiger partial charge in [0.2, 0.25) is 5.91 Å². The third-order valence-corrected chi connectivity index (χ3v) is 6.18. The fourth-order valence-electron chi connectivity index (χ4n) is 2.51. The van der Waals surface area contributed by atoms with Crippen molar-refractivity contribution < 1.29 is 4.79 Å². The van der Waals surface area contributed by atoms with Crippen molar-refractivity contribution >= 4 is 59.9 Å². The second kappa shape index (κ2) is 7.65. The van der Waals surface area contributed by atoms with Crippen molar-refractivity contribution in [3.8, 4) is 11.3 Å². The van der Waals surface area contributed by atoms with Crippen LogP contribution in [0.3, 0.4) is 0 Å². The summed E-state index contributed by atoms with van der Waals surface area (Å²) < 4.78 is 2.18. The number of aromatic nitrogens is 2. The number of thiazole rings is 2. The molecule has 4 aromatic rings. The number of nitrogens with one attached hydrogen (secondary N) is 1. The number of aryl methyl sites for hydroxylation is 1. The van der Waals surface area contributed by atoms with E-state index in [0.717, 1.165) is 31.0 Å². The topological polar surface area (TPSA) is 54.9 Å². The van der Waals surface area contributed by atoms with Crippen LogP contribution in [0.5, 0.6) is 0 Å². The maximum Gasteiger partial charge on any atom is 0.226 e. The average molecular weight is 444 g/mol. The first-order chi connectivity index (χ1) is 12.7. The summed E-state index contributed by atoms with van der Waals surface area (Å²) in [5, 5.41) is 6.44. The lowest BCUT2D eigenvalue weighted by Gasteiger charge is -2.00. The number of benzene rings is 2. The van der Waals surface area contributed by atoms with Crippen molar-refractivity contribution in [3.05, 3.63) is 63.4 Å². The van der Waals surface area contributed by atoms with Gasteiger partial charge in [-0.2, -0.15) is 0 Å². The van der Waals surface area contributed by atoms with E-state index in [0.29, 0.717) is 18.0 Å². The van der Waals surface area contributed by atoms with Gasteiger partial charge in [0, 0.05) is 28.3 Å². The van der Waals surface area contributed by atoms with Gasteiger partial charge in [-0.1, -0.05) is 40.2 Å². The Labute approximate surface area is 167 Å². The summed E-state index contributed by atoms with van der Waals surface area (Å²) in [7, 11) is 0. The Morgan fingerprint density at radius 1 is 1.08 bits per heavy atom. The molecular formula is C19H14BrN3OS2. The monoisotopic (exact) mass is 443 g/mol. The molecule has 0 spiro atoms. The summed E-state index contributed by atoms with van der Waals surface area (Å²) >= 11 is 6.50. The number of para-hydroxylation sites is 1. The van der Waals surface area contributed by atoms with Crippen LogP contribution in [0, 0.1) is 0 Å². The van der Waals surface area contributed by atoms with E-state index in [9.17, 15) is 4.79 Å². The fourth-order valence-corrected chi connectivity index (χ4v) is 4.48. The zero-order valence-electron chi connectivity index (χ0n) is 13.6. The van der Waals surface area contributed by atoms with Gasteiger partial charge in [0.15, 0.2) is 5.13 Å². The number of anilines is 1. The first-order valence-corrected chi connectivity index (χ1v) is 10.5. The van der Waals surface area contributed by atoms with E-state index in [-0.39, 0.29) is 5.91 Å². The summed E-state index contributed by atoms with van der Waals surface area (Å²) in [5.41, 5.74) is 2.88. The van der Waals surface area contributed by atoms with E-state index < -0.39 is 0 Å². The van der Waals surface area contributed by atoms with Crippen molar-refractivity contribution in [2.75, 3.05) is 5.32 Å². The molecule has 26 heavy (non-hydrogen) atoms. The van der Waals surface area contributed by atoms with Crippen molar-refractivity contribution in [1.82, 2.24) is 9.97 Å². The van der Waals surface area contributed by atoms with Crippen molar-refractivity contribution in [3.63, 3.8) is 0 Å². The zero-order chi connectivity index (χ0) is 17.9. The molecule has 130 valence electrons. The van der Waals surface area contributed by atoms with Crippen LogP contribution >= 0.6 is 38.6 Å². The van der Waals surface area contributed by atoms with Gasteiger partial charge in [-0.3, -0.25) is 4.79 Å². The molecule has 1 amide bonds. The Bertz CT molecular complexity index is 1020. The minimum absolute atomic E-state index is 0.0408. The molecule has 0 bridgehead atoms. The van der Waals surface area contributed by atoms with E-state index in [1.54, 1.807) is 11.3 Å². The number of carbonyl (C=O) groups is 1. The average Bonchev–Trinajstić information content (AvgIpc) is 3.27. The quantitative estimate of drug-likeness (QED) is 0.426. The van der Waals surface area contributed by atoms with E-state index >= 15 is 0 Å². The van der Waals surface area contributed by atoms with Crippen LogP contribution in [0.15, 0.2) is 58.4 Å². The molecule has 0 aliphatic heterocycles. The van der Waals surface area contributed by atoms with Crippen LogP contribution in [0.25, 0.3) is 21.5 Å². The molecule has 2 aromatic carbocycles. The smallest absolute Gasteiger partial charge is 0.226 e. The van der Waals surface area contributed by atoms with Crippen LogP contribution in [0.1, 0.15) is 11.4 Å². The van der Waals surface area contributed by atoms with Crippen LogP contribution in [-0.4, -0.2) is 15.9 Å². The van der Waals surface area contributed by atoms with E-state index in [1.165, 1.54) is 11.3 Å². The largest absolute Gasteiger partial charge is 0.302 e. The maximum absolute atomic E-state index is 12.2. The molecule has 0 saturated heterocycles. The number of carbonyl (C=O) groups excluding carboxylic acids is 1. The third-order valence-electron chi connectivity index (χ3n) is 3.79. The highest BCUT2D eigenvalue weighted by molar-refractivity contribution is 9.10. The highest BCUT2D eigenvalue weighted by Gasteiger charge is 2.10. The first kappa shape index (κ1) is 17.3. The molecular weight excluding hydrogens is 430 g/mol. The summed E-state index contributed by atoms with van der Waals surface area (Å²) in [6.07, 6.45) is 1.03. The summed E-state index contributed by atoms with van der Waals surface area (Å²) in [6, 6.07) is 16.0. The highest BCUT2D eigenvalue weighted by atomic mass is 79.9. The van der Waals surface area contributed by atoms with E-state index in [2.05, 4.69) is 37.3 Å². The second-order valence-corrected chi connectivity index (χ2v) is 8.56. The number of nitrogens with zero attached hydrogens (tertiary/aromatic N) is 2. The number of rotatable bonds is 5. The zero-order valence-corrected chi connectivity index (χ0v) is 16.8. The lowest BCUT2D eigenvalue weighted by atomic mass is 10.2. The second-order valence-electron chi connectivity index (χ2n) is 5.67. The van der Waals surface area contributed by atoms with E-state index in [4.69, 9.17) is 0 Å². The van der Waals surface area contributed by atoms with Crippen LogP contribution in [0.2, 0.25) is 0 Å². The Morgan fingerprint density at radius 2 is 1.88 bits per heavy atom. The number of amides is 1. The van der Waals surface area contributed by atoms with Gasteiger partial charge < -0.3 is 5.32 Å². The summed E-state index contributed by atoms with van der Waals surface area (Å²) in [4.78, 5) is 21.3. The Balaban J connectivity index is 1.36. The van der Waals surface area contributed by atoms with Gasteiger partial charge in [-0.15, -0.1) is 22.7 Å². The highest BCUT2D eigenvalue weighted by Crippen LogP contribution is 2.26. The number of hydrogen-bond acceptors (Lipinski definition) is 5. The Morgan fingerprint density at radius 3 is 2.69 bits per heavy atom. The van der Waals surface area contributed by atoms with Gasteiger partial charge in [-0.05, 0) is 24.3 Å². The predicted octanol–water partition coefficient (Wildman–Crippen LogP) is 5.75. The maximum atomic E-state index is 12.2. The van der Waals surface area contributed by atoms with Crippen LogP contribution < -0.4 is 5.32 Å². The minimum atomic E-state index is -0.0408. The number of fused-ring (bicyclic) bond motifs is 1. The summed E-state index contributed by atoms with van der Waals surface area (Å²) in [6.45, 7) is 0. The molecule has 2 aromatic heterocycles. The van der Waals surface area contributed by atoms with Crippen molar-refractivity contribution in [2.24, 2.45) is 0 Å². The molecule has 4 nitrogen and oxygen atoms in total. The van der Waals surface area contributed by atoms with Gasteiger partial charge in [-0.25, -0.2) is 9.97 Å². The molecule has 2 heterocycles. The number of halogens is 1. The van der Waals surface area contributed by atoms with Gasteiger partial charge in [0.25, 0.3) is 0 Å². The lowest BCUT2D eigenvalue weighted by molar-refractivity contribution is -0.116. The molecule has 7 heteroatoms. The molecule has 4 rings (SSSR count). The Hall–Kier alpha value is -2.09. The molecule has 0 unspecified atom stereocenters. The van der Waals surface area contributed by atoms with Gasteiger partial charge in [0.1, 0.15) is 0 Å². The summed E-state index contributed by atoms with van der Waals surface area (Å²) in [5.74, 6) is -0.0408. The molecule has 0 saturated carbocycles. The lowest BCUT2D eigenvalue weighted by Crippen LogP contribution is -2.12. The van der Waals surface area contributed by atoms with Gasteiger partial charge >= 0.3 is 0 Å². The minimum Gasteiger partial charge on any atom is -0.302 e. The third kappa shape index (κ3) is 4.00. The van der Waals surface area contributed by atoms with Crippen LogP contribution in [0.4, 0.5) is 5.13 Å². The molecule has 0 radical (unpaired) electrons. The molecule has 0 aliphatic carbocycles. The van der Waals surface area contributed by atoms with Crippen molar-refractivity contribution in [2.45, 2.75) is 12.8 Å². The fraction of sp³-hybridized carbons (Fsp3) is 0.105.